The van der Waals surface area contributed by atoms with Crippen molar-refractivity contribution in [2.24, 2.45) is 0 Å². The monoisotopic (exact) mass is 559 g/mol. The predicted octanol–water partition coefficient (Wildman–Crippen LogP) is 6.81. The molecule has 1 atom stereocenters. The molecule has 0 aliphatic carbocycles. The predicted molar refractivity (Wildman–Crippen MR) is 150 cm³/mol. The highest BCUT2D eigenvalue weighted by Gasteiger charge is 2.39. The van der Waals surface area contributed by atoms with Crippen LogP contribution in [0.5, 0.6) is 0 Å². The lowest BCUT2D eigenvalue weighted by Crippen LogP contribution is -2.48. The van der Waals surface area contributed by atoms with Gasteiger partial charge in [0.2, 0.25) is 0 Å². The molecular weight excluding hydrogens is 529 g/mol. The van der Waals surface area contributed by atoms with Crippen molar-refractivity contribution in [3.8, 4) is 11.1 Å². The zero-order valence-electron chi connectivity index (χ0n) is 21.1. The van der Waals surface area contributed by atoms with Crippen molar-refractivity contribution in [2.75, 3.05) is 38.1 Å². The number of halogens is 2. The number of para-hydroxylation sites is 1. The molecule has 1 unspecified atom stereocenters. The van der Waals surface area contributed by atoms with Crippen molar-refractivity contribution in [2.45, 2.75) is 30.2 Å². The molecule has 0 radical (unpaired) electrons. The van der Waals surface area contributed by atoms with E-state index in [9.17, 15) is 23.4 Å². The van der Waals surface area contributed by atoms with E-state index in [1.165, 1.54) is 18.6 Å². The van der Waals surface area contributed by atoms with E-state index in [-0.39, 0.29) is 10.9 Å². The maximum Gasteiger partial charge on any atom is 0.338 e. The molecule has 1 saturated heterocycles. The summed E-state index contributed by atoms with van der Waals surface area (Å²) in [5.41, 5.74) is 1.74. The Morgan fingerprint density at radius 1 is 1.05 bits per heavy atom. The van der Waals surface area contributed by atoms with Crippen molar-refractivity contribution in [1.29, 1.82) is 0 Å². The van der Waals surface area contributed by atoms with E-state index in [4.69, 9.17) is 11.6 Å². The van der Waals surface area contributed by atoms with Crippen LogP contribution in [0.1, 0.15) is 29.6 Å². The minimum absolute atomic E-state index is 0.197. The van der Waals surface area contributed by atoms with E-state index in [0.29, 0.717) is 34.9 Å². The molecule has 0 spiro atoms. The van der Waals surface area contributed by atoms with Crippen LogP contribution in [0.3, 0.4) is 0 Å². The summed E-state index contributed by atoms with van der Waals surface area (Å²) in [5.74, 6) is -2.25. The lowest BCUT2D eigenvalue weighted by atomic mass is 10.0. The molecular formula is C28H31ClFN3O4S. The van der Waals surface area contributed by atoms with Crippen LogP contribution in [0.25, 0.3) is 11.1 Å². The van der Waals surface area contributed by atoms with Crippen LogP contribution in [0.15, 0.2) is 65.6 Å². The number of anilines is 2. The van der Waals surface area contributed by atoms with E-state index >= 15 is 0 Å². The van der Waals surface area contributed by atoms with Crippen molar-refractivity contribution in [3.63, 3.8) is 0 Å². The molecule has 3 N–H and O–H groups in total. The highest BCUT2D eigenvalue weighted by Crippen LogP contribution is 2.59. The smallest absolute Gasteiger partial charge is 0.338 e. The van der Waals surface area contributed by atoms with Crippen LogP contribution in [-0.4, -0.2) is 68.7 Å². The number of aromatic carboxylic acids is 1. The first kappa shape index (κ1) is 26.9. The summed E-state index contributed by atoms with van der Waals surface area (Å²) in [4.78, 5) is 16.3. The topological polar surface area (TPSA) is 87.5 Å². The van der Waals surface area contributed by atoms with E-state index in [2.05, 4.69) is 9.80 Å². The number of hydrogen-bond acceptors (Lipinski definition) is 6. The maximum absolute atomic E-state index is 14.1. The summed E-state index contributed by atoms with van der Waals surface area (Å²) < 4.78 is 39.2. The Morgan fingerprint density at radius 3 is 2.45 bits per heavy atom. The van der Waals surface area contributed by atoms with Crippen LogP contribution in [-0.2, 0) is 0 Å². The number of rotatable bonds is 5. The molecule has 5 rings (SSSR count). The van der Waals surface area contributed by atoms with E-state index < -0.39 is 28.1 Å². The molecule has 3 aromatic carbocycles. The number of hydrogen-bond donors (Lipinski definition) is 3. The Hall–Kier alpha value is -2.66. The fraction of sp³-hybridized carbons (Fsp3) is 0.321. The van der Waals surface area contributed by atoms with Crippen LogP contribution >= 0.6 is 22.4 Å². The van der Waals surface area contributed by atoms with Gasteiger partial charge >= 0.3 is 5.97 Å². The van der Waals surface area contributed by atoms with Crippen molar-refractivity contribution in [1.82, 2.24) is 9.21 Å². The second-order valence-corrected chi connectivity index (χ2v) is 12.3. The molecule has 202 valence electrons. The van der Waals surface area contributed by atoms with Crippen molar-refractivity contribution < 1.29 is 23.4 Å². The zero-order chi connectivity index (χ0) is 27.0. The van der Waals surface area contributed by atoms with Crippen molar-refractivity contribution >= 4 is 39.7 Å². The minimum Gasteiger partial charge on any atom is -0.478 e. The van der Waals surface area contributed by atoms with Gasteiger partial charge in [-0.05, 0) is 67.9 Å². The number of piperidine rings is 1. The summed E-state index contributed by atoms with van der Waals surface area (Å²) in [5, 5.41) is 9.70. The van der Waals surface area contributed by atoms with Gasteiger partial charge in [-0.1, -0.05) is 42.3 Å². The molecule has 0 aromatic heterocycles. The maximum atomic E-state index is 14.1. The summed E-state index contributed by atoms with van der Waals surface area (Å²) in [6.45, 7) is 3.15. The molecule has 2 aliphatic heterocycles. The minimum atomic E-state index is -3.46. The van der Waals surface area contributed by atoms with E-state index in [0.717, 1.165) is 37.7 Å². The van der Waals surface area contributed by atoms with Gasteiger partial charge in [0.15, 0.2) is 0 Å². The molecule has 38 heavy (non-hydrogen) atoms. The molecule has 2 heterocycles. The van der Waals surface area contributed by atoms with Gasteiger partial charge in [0, 0.05) is 31.4 Å². The summed E-state index contributed by atoms with van der Waals surface area (Å²) >= 11 is 6.75. The summed E-state index contributed by atoms with van der Waals surface area (Å²) in [7, 11) is -1.73. The number of nitrogens with zero attached hydrogens (tertiary/aromatic N) is 3. The lowest BCUT2D eigenvalue weighted by Gasteiger charge is -2.44. The van der Waals surface area contributed by atoms with Gasteiger partial charge in [-0.3, -0.25) is 9.11 Å². The fourth-order valence-corrected chi connectivity index (χ4v) is 7.16. The third-order valence-electron chi connectivity index (χ3n) is 7.44. The highest BCUT2D eigenvalue weighted by atomic mass is 35.5. The Kier molecular flexibility index (Phi) is 7.68. The Balaban J connectivity index is 1.65. The van der Waals surface area contributed by atoms with Gasteiger partial charge in [-0.2, -0.15) is 4.31 Å². The zero-order valence-corrected chi connectivity index (χ0v) is 22.6. The number of likely N-dealkylation sites (N-methyl/N-ethyl adjacent to an activating group) is 1. The molecule has 3 aromatic rings. The molecule has 1 fully saturated rings. The van der Waals surface area contributed by atoms with E-state index in [1.807, 2.05) is 30.3 Å². The van der Waals surface area contributed by atoms with Crippen LogP contribution in [0.4, 0.5) is 15.8 Å². The summed E-state index contributed by atoms with van der Waals surface area (Å²) in [6, 6.07) is 16.6. The first-order valence-corrected chi connectivity index (χ1v) is 14.5. The van der Waals surface area contributed by atoms with E-state index in [1.54, 1.807) is 23.5 Å². The number of carbonyl (C=O) groups is 1. The van der Waals surface area contributed by atoms with Crippen LogP contribution in [0, 0.1) is 5.82 Å². The van der Waals surface area contributed by atoms with Gasteiger partial charge in [0.05, 0.1) is 27.2 Å². The number of fused-ring (bicyclic) bond motifs is 1. The van der Waals surface area contributed by atoms with Crippen LogP contribution in [0.2, 0.25) is 5.02 Å². The summed E-state index contributed by atoms with van der Waals surface area (Å²) in [6.07, 6.45) is 3.47. The number of likely N-dealkylation sites (tertiary alicyclic amines) is 1. The third kappa shape index (κ3) is 5.14. The number of benzene rings is 3. The second kappa shape index (κ2) is 10.8. The van der Waals surface area contributed by atoms with Gasteiger partial charge in [-0.15, -0.1) is 10.8 Å². The number of carboxylic acids is 1. The van der Waals surface area contributed by atoms with Gasteiger partial charge in [0.1, 0.15) is 5.82 Å². The SMILES string of the molecule is CN1C(CN2CCCCC2)CN(c2ccccc2)c2cc(Cl)c(-c3ccc(F)c(C(=O)O)c3)cc2S1(O)O. The molecule has 0 saturated carbocycles. The largest absolute Gasteiger partial charge is 0.478 e. The second-order valence-electron chi connectivity index (χ2n) is 9.83. The normalized spacial score (nSPS) is 21.0. The highest BCUT2D eigenvalue weighted by molar-refractivity contribution is 8.22. The average Bonchev–Trinajstić information content (AvgIpc) is 2.98. The lowest BCUT2D eigenvalue weighted by molar-refractivity contribution is 0.0692. The molecule has 0 amide bonds. The Bertz CT molecular complexity index is 1340. The Labute approximate surface area is 228 Å². The first-order valence-electron chi connectivity index (χ1n) is 12.6. The molecule has 7 nitrogen and oxygen atoms in total. The molecule has 10 heteroatoms. The third-order valence-corrected chi connectivity index (χ3v) is 9.77. The van der Waals surface area contributed by atoms with Crippen LogP contribution < -0.4 is 4.90 Å². The van der Waals surface area contributed by atoms with Gasteiger partial charge < -0.3 is 14.9 Å². The quantitative estimate of drug-likeness (QED) is 0.316. The number of carboxylic acid groups (broad SMARTS) is 1. The molecule has 2 aliphatic rings. The average molecular weight is 560 g/mol. The van der Waals surface area contributed by atoms with Crippen molar-refractivity contribution in [3.05, 3.63) is 77.1 Å². The first-order chi connectivity index (χ1) is 18.2. The van der Waals surface area contributed by atoms with Gasteiger partial charge in [0.25, 0.3) is 0 Å². The molecule has 0 bridgehead atoms. The standard InChI is InChI=1S/C28H31ClFN3O4S/c1-31-21(17-32-12-6-3-7-13-32)18-33(20-8-4-2-5-9-20)26-16-24(29)22(15-27(26)38(31,36)37)19-10-11-25(30)23(14-19)28(34)35/h2,4-5,8-11,14-16,21,36-37H,3,6-7,12-13,17-18H2,1H3,(H,34,35). The van der Waals surface area contributed by atoms with Gasteiger partial charge in [-0.25, -0.2) is 9.18 Å². The Morgan fingerprint density at radius 2 is 1.76 bits per heavy atom. The fourth-order valence-electron chi connectivity index (χ4n) is 5.30.